The van der Waals surface area contributed by atoms with Gasteiger partial charge in [-0.2, -0.15) is 0 Å². The monoisotopic (exact) mass is 278 g/mol. The van der Waals surface area contributed by atoms with Gasteiger partial charge < -0.3 is 10.6 Å². The van der Waals surface area contributed by atoms with Crippen LogP contribution in [0.2, 0.25) is 0 Å². The van der Waals surface area contributed by atoms with E-state index in [9.17, 15) is 9.18 Å². The Labute approximate surface area is 120 Å². The molecule has 1 atom stereocenters. The molecule has 4 heteroatoms. The molecule has 0 radical (unpaired) electrons. The lowest BCUT2D eigenvalue weighted by Crippen LogP contribution is -2.41. The summed E-state index contributed by atoms with van der Waals surface area (Å²) in [5.74, 6) is -0.236. The summed E-state index contributed by atoms with van der Waals surface area (Å²) in [6, 6.07) is 6.80. The second-order valence-corrected chi connectivity index (χ2v) is 5.53. The number of benzene rings is 1. The number of carbonyl (C=O) groups excluding carboxylic acids is 1. The summed E-state index contributed by atoms with van der Waals surface area (Å²) in [7, 11) is 0. The average Bonchev–Trinajstić information content (AvgIpc) is 2.46. The van der Waals surface area contributed by atoms with Crippen LogP contribution >= 0.6 is 0 Å². The van der Waals surface area contributed by atoms with E-state index in [0.717, 1.165) is 12.8 Å². The molecule has 2 N–H and O–H groups in total. The van der Waals surface area contributed by atoms with Crippen LogP contribution in [0, 0.1) is 5.82 Å². The van der Waals surface area contributed by atoms with Gasteiger partial charge in [0.25, 0.3) is 0 Å². The molecule has 2 rings (SSSR count). The van der Waals surface area contributed by atoms with E-state index in [4.69, 9.17) is 0 Å². The Hall–Kier alpha value is -1.42. The maximum absolute atomic E-state index is 13.6. The first-order chi connectivity index (χ1) is 9.66. The van der Waals surface area contributed by atoms with Gasteiger partial charge in [-0.05, 0) is 25.8 Å². The molecule has 0 aliphatic heterocycles. The highest BCUT2D eigenvalue weighted by atomic mass is 19.1. The minimum Gasteiger partial charge on any atom is -0.352 e. The summed E-state index contributed by atoms with van der Waals surface area (Å²) in [5, 5.41) is 6.12. The highest BCUT2D eigenvalue weighted by Crippen LogP contribution is 2.17. The van der Waals surface area contributed by atoms with Gasteiger partial charge in [0, 0.05) is 17.6 Å². The van der Waals surface area contributed by atoms with Crippen molar-refractivity contribution in [1.29, 1.82) is 0 Å². The third-order valence-corrected chi connectivity index (χ3v) is 3.91. The topological polar surface area (TPSA) is 41.1 Å². The van der Waals surface area contributed by atoms with Crippen molar-refractivity contribution in [3.05, 3.63) is 35.6 Å². The second kappa shape index (κ2) is 7.39. The average molecular weight is 278 g/mol. The fraction of sp³-hybridized carbons (Fsp3) is 0.562. The van der Waals surface area contributed by atoms with E-state index in [1.807, 2.05) is 6.92 Å². The Morgan fingerprint density at radius 1 is 1.30 bits per heavy atom. The predicted molar refractivity (Wildman–Crippen MR) is 77.8 cm³/mol. The fourth-order valence-electron chi connectivity index (χ4n) is 2.71. The molecule has 20 heavy (non-hydrogen) atoms. The molecule has 0 heterocycles. The van der Waals surface area contributed by atoms with E-state index in [1.165, 1.54) is 25.3 Å². The fourth-order valence-corrected chi connectivity index (χ4v) is 2.71. The number of amides is 1. The molecule has 1 unspecified atom stereocenters. The van der Waals surface area contributed by atoms with Gasteiger partial charge in [0.1, 0.15) is 5.82 Å². The highest BCUT2D eigenvalue weighted by molar-refractivity contribution is 5.78. The predicted octanol–water partition coefficient (Wildman–Crippen LogP) is 2.93. The summed E-state index contributed by atoms with van der Waals surface area (Å²) in [6.45, 7) is 2.10. The summed E-state index contributed by atoms with van der Waals surface area (Å²) >= 11 is 0. The molecule has 1 aromatic rings. The Balaban J connectivity index is 1.76. The van der Waals surface area contributed by atoms with Gasteiger partial charge >= 0.3 is 0 Å². The molecule has 0 bridgehead atoms. The number of nitrogens with one attached hydrogen (secondary N) is 2. The molecule has 1 aliphatic carbocycles. The maximum Gasteiger partial charge on any atom is 0.234 e. The number of rotatable bonds is 5. The first-order valence-electron chi connectivity index (χ1n) is 7.44. The third-order valence-electron chi connectivity index (χ3n) is 3.91. The molecule has 0 saturated heterocycles. The van der Waals surface area contributed by atoms with Gasteiger partial charge in [0.15, 0.2) is 0 Å². The molecule has 1 saturated carbocycles. The van der Waals surface area contributed by atoms with Crippen LogP contribution in [-0.4, -0.2) is 18.5 Å². The largest absolute Gasteiger partial charge is 0.352 e. The van der Waals surface area contributed by atoms with Gasteiger partial charge in [-0.25, -0.2) is 4.39 Å². The van der Waals surface area contributed by atoms with Crippen LogP contribution in [0.5, 0.6) is 0 Å². The number of hydrogen-bond acceptors (Lipinski definition) is 2. The van der Waals surface area contributed by atoms with E-state index < -0.39 is 0 Å². The summed E-state index contributed by atoms with van der Waals surface area (Å²) in [4.78, 5) is 11.9. The number of carbonyl (C=O) groups is 1. The zero-order valence-corrected chi connectivity index (χ0v) is 12.0. The van der Waals surface area contributed by atoms with Gasteiger partial charge in [-0.3, -0.25) is 4.79 Å². The summed E-state index contributed by atoms with van der Waals surface area (Å²) in [6.07, 6.45) is 5.83. The molecule has 1 aliphatic rings. The van der Waals surface area contributed by atoms with Crippen LogP contribution in [-0.2, 0) is 4.79 Å². The Morgan fingerprint density at radius 2 is 2.00 bits per heavy atom. The Bertz CT molecular complexity index is 444. The third kappa shape index (κ3) is 4.30. The standard InChI is InChI=1S/C16H23FN2O/c1-12(14-9-5-6-10-15(14)17)18-11-16(20)19-13-7-3-2-4-8-13/h5-6,9-10,12-13,18H,2-4,7-8,11H2,1H3,(H,19,20). The van der Waals surface area contributed by atoms with Gasteiger partial charge in [-0.1, -0.05) is 37.5 Å². The molecule has 1 fully saturated rings. The van der Waals surface area contributed by atoms with Crippen molar-refractivity contribution < 1.29 is 9.18 Å². The molecule has 0 spiro atoms. The van der Waals surface area contributed by atoms with Crippen molar-refractivity contribution in [2.45, 2.75) is 51.1 Å². The Morgan fingerprint density at radius 3 is 2.70 bits per heavy atom. The maximum atomic E-state index is 13.6. The molecule has 1 aromatic carbocycles. The van der Waals surface area contributed by atoms with Crippen LogP contribution in [0.15, 0.2) is 24.3 Å². The van der Waals surface area contributed by atoms with Crippen LogP contribution in [0.1, 0.15) is 50.6 Å². The minimum atomic E-state index is -0.236. The highest BCUT2D eigenvalue weighted by Gasteiger charge is 2.16. The summed E-state index contributed by atoms with van der Waals surface area (Å²) < 4.78 is 13.6. The smallest absolute Gasteiger partial charge is 0.234 e. The van der Waals surface area contributed by atoms with E-state index in [0.29, 0.717) is 11.6 Å². The van der Waals surface area contributed by atoms with E-state index >= 15 is 0 Å². The van der Waals surface area contributed by atoms with E-state index in [-0.39, 0.29) is 24.3 Å². The minimum absolute atomic E-state index is 0.0000827. The van der Waals surface area contributed by atoms with Crippen LogP contribution < -0.4 is 10.6 Å². The van der Waals surface area contributed by atoms with Crippen LogP contribution in [0.25, 0.3) is 0 Å². The first kappa shape index (κ1) is 15.0. The Kier molecular flexibility index (Phi) is 5.53. The zero-order chi connectivity index (χ0) is 14.4. The summed E-state index contributed by atoms with van der Waals surface area (Å²) in [5.41, 5.74) is 0.595. The van der Waals surface area contributed by atoms with Crippen LogP contribution in [0.4, 0.5) is 4.39 Å². The van der Waals surface area contributed by atoms with Gasteiger partial charge in [-0.15, -0.1) is 0 Å². The van der Waals surface area contributed by atoms with Crippen molar-refractivity contribution in [1.82, 2.24) is 10.6 Å². The molecule has 0 aromatic heterocycles. The van der Waals surface area contributed by atoms with Crippen LogP contribution in [0.3, 0.4) is 0 Å². The number of halogens is 1. The van der Waals surface area contributed by atoms with Crippen molar-refractivity contribution >= 4 is 5.91 Å². The molecule has 1 amide bonds. The van der Waals surface area contributed by atoms with E-state index in [1.54, 1.807) is 18.2 Å². The van der Waals surface area contributed by atoms with Crippen molar-refractivity contribution in [2.75, 3.05) is 6.54 Å². The molecular weight excluding hydrogens is 255 g/mol. The molecule has 110 valence electrons. The molecular formula is C16H23FN2O. The lowest BCUT2D eigenvalue weighted by Gasteiger charge is -2.23. The normalized spacial score (nSPS) is 17.7. The van der Waals surface area contributed by atoms with Crippen molar-refractivity contribution in [2.24, 2.45) is 0 Å². The SMILES string of the molecule is CC(NCC(=O)NC1CCCCC1)c1ccccc1F. The van der Waals surface area contributed by atoms with Gasteiger partial charge in [0.2, 0.25) is 5.91 Å². The van der Waals surface area contributed by atoms with Gasteiger partial charge in [0.05, 0.1) is 6.54 Å². The molecule has 3 nitrogen and oxygen atoms in total. The lowest BCUT2D eigenvalue weighted by molar-refractivity contribution is -0.121. The van der Waals surface area contributed by atoms with E-state index in [2.05, 4.69) is 10.6 Å². The first-order valence-corrected chi connectivity index (χ1v) is 7.44. The zero-order valence-electron chi connectivity index (χ0n) is 12.0. The second-order valence-electron chi connectivity index (χ2n) is 5.53. The van der Waals surface area contributed by atoms with Crippen molar-refractivity contribution in [3.63, 3.8) is 0 Å². The number of hydrogen-bond donors (Lipinski definition) is 2. The van der Waals surface area contributed by atoms with Crippen molar-refractivity contribution in [3.8, 4) is 0 Å². The lowest BCUT2D eigenvalue weighted by atomic mass is 9.95. The quantitative estimate of drug-likeness (QED) is 0.869.